The van der Waals surface area contributed by atoms with Crippen LogP contribution in [0.5, 0.6) is 11.5 Å². The Morgan fingerprint density at radius 1 is 1.19 bits per heavy atom. The molecule has 0 unspecified atom stereocenters. The zero-order valence-electron chi connectivity index (χ0n) is 23.0. The first-order valence-corrected chi connectivity index (χ1v) is 14.4. The number of carbonyl (C=O) groups is 5. The molecule has 1 fully saturated rings. The highest BCUT2D eigenvalue weighted by Gasteiger charge is 2.41. The molecule has 5 amide bonds. The first kappa shape index (κ1) is 31.3. The van der Waals surface area contributed by atoms with Crippen molar-refractivity contribution in [2.45, 2.75) is 30.2 Å². The predicted molar refractivity (Wildman–Crippen MR) is 147 cm³/mol. The van der Waals surface area contributed by atoms with Crippen LogP contribution in [0.4, 0.5) is 4.79 Å². The molecule has 0 spiro atoms. The van der Waals surface area contributed by atoms with Gasteiger partial charge in [0.1, 0.15) is 22.4 Å². The number of benzene rings is 2. The number of urea groups is 1. The Hall–Kier alpha value is -4.68. The molecule has 0 bridgehead atoms. The highest BCUT2D eigenvalue weighted by molar-refractivity contribution is 7.89. The van der Waals surface area contributed by atoms with Crippen molar-refractivity contribution in [2.24, 2.45) is 5.14 Å². The zero-order valence-corrected chi connectivity index (χ0v) is 23.8. The van der Waals surface area contributed by atoms with E-state index in [1.54, 1.807) is 13.0 Å². The molecule has 6 N–H and O–H groups in total. The Bertz CT molecular complexity index is 1600. The number of carboxylic acid groups (broad SMARTS) is 1. The van der Waals surface area contributed by atoms with Gasteiger partial charge in [0.2, 0.25) is 15.9 Å². The summed E-state index contributed by atoms with van der Waals surface area (Å²) in [6.45, 7) is 1.85. The van der Waals surface area contributed by atoms with E-state index in [0.29, 0.717) is 10.5 Å². The van der Waals surface area contributed by atoms with Crippen molar-refractivity contribution in [1.82, 2.24) is 20.4 Å². The number of primary sulfonamides is 1. The molecule has 2 atom stereocenters. The van der Waals surface area contributed by atoms with Gasteiger partial charge in [0.25, 0.3) is 0 Å². The van der Waals surface area contributed by atoms with Crippen molar-refractivity contribution < 1.29 is 51.9 Å². The summed E-state index contributed by atoms with van der Waals surface area (Å²) >= 11 is 0. The number of nitrogens with one attached hydrogen (secondary N) is 2. The van der Waals surface area contributed by atoms with E-state index in [0.717, 1.165) is 19.2 Å². The van der Waals surface area contributed by atoms with Gasteiger partial charge in [-0.25, -0.2) is 23.1 Å². The van der Waals surface area contributed by atoms with Crippen LogP contribution in [0.25, 0.3) is 0 Å². The van der Waals surface area contributed by atoms with Crippen molar-refractivity contribution in [2.75, 3.05) is 26.7 Å². The van der Waals surface area contributed by atoms with Gasteiger partial charge in [0, 0.05) is 19.6 Å². The Labute approximate surface area is 245 Å². The third kappa shape index (κ3) is 6.40. The second-order valence-corrected chi connectivity index (χ2v) is 11.1. The standard InChI is InChI=1S/C25H28BN5O11S/c1-3-30-9-10-31(23(34)22(30)33)25(37)29-19(13-7-8-17(43(27,39)40)16(11-13)41-2)21(32)28-18-12-14-5-4-6-15(24(35)36)20(14)42-26(18)38/h4-8,11,18-19,38H,3,9-10,12H2,1-2H3,(H,28,32)(H,29,37)(H,35,36)(H2,27,39,40)/t18-,19+/m0/s1. The van der Waals surface area contributed by atoms with E-state index < -0.39 is 63.7 Å². The minimum atomic E-state index is -4.24. The maximum Gasteiger partial charge on any atom is 0.547 e. The number of amides is 5. The lowest BCUT2D eigenvalue weighted by Crippen LogP contribution is -2.60. The smallest absolute Gasteiger partial charge is 0.534 e. The van der Waals surface area contributed by atoms with Gasteiger partial charge in [-0.1, -0.05) is 18.2 Å². The van der Waals surface area contributed by atoms with E-state index in [4.69, 9.17) is 14.5 Å². The van der Waals surface area contributed by atoms with Gasteiger partial charge in [-0.3, -0.25) is 19.3 Å². The van der Waals surface area contributed by atoms with Crippen molar-refractivity contribution in [3.63, 3.8) is 0 Å². The lowest BCUT2D eigenvalue weighted by atomic mass is 9.72. The average Bonchev–Trinajstić information content (AvgIpc) is 2.96. The minimum Gasteiger partial charge on any atom is -0.534 e. The average molecular weight is 617 g/mol. The molecule has 0 radical (unpaired) electrons. The van der Waals surface area contributed by atoms with Crippen molar-refractivity contribution in [1.29, 1.82) is 0 Å². The third-order valence-corrected chi connectivity index (χ3v) is 7.92. The number of carboxylic acids is 1. The zero-order chi connectivity index (χ0) is 31.6. The summed E-state index contributed by atoms with van der Waals surface area (Å²) < 4.78 is 34.5. The topological polar surface area (TPSA) is 235 Å². The number of nitrogens with zero attached hydrogens (tertiary/aromatic N) is 2. The van der Waals surface area contributed by atoms with E-state index in [2.05, 4.69) is 10.6 Å². The number of likely N-dealkylation sites (N-methyl/N-ethyl adjacent to an activating group) is 1. The minimum absolute atomic E-state index is 0.000788. The van der Waals surface area contributed by atoms with E-state index >= 15 is 0 Å². The molecule has 0 aliphatic carbocycles. The van der Waals surface area contributed by atoms with Gasteiger partial charge in [0.05, 0.1) is 18.6 Å². The normalized spacial score (nSPS) is 17.5. The summed E-state index contributed by atoms with van der Waals surface area (Å²) in [6, 6.07) is 5.03. The molecular weight excluding hydrogens is 589 g/mol. The van der Waals surface area contributed by atoms with Crippen LogP contribution in [0, 0.1) is 0 Å². The predicted octanol–water partition coefficient (Wildman–Crippen LogP) is -1.38. The number of para-hydroxylation sites is 1. The van der Waals surface area contributed by atoms with Crippen LogP contribution in [0.3, 0.4) is 0 Å². The number of rotatable bonds is 8. The molecule has 16 nitrogen and oxygen atoms in total. The first-order chi connectivity index (χ1) is 20.3. The number of carbonyl (C=O) groups excluding carboxylic acids is 4. The molecule has 2 aliphatic heterocycles. The molecule has 1 saturated heterocycles. The van der Waals surface area contributed by atoms with Crippen LogP contribution in [-0.4, -0.2) is 97.9 Å². The molecule has 4 rings (SSSR count). The number of hydrogen-bond acceptors (Lipinski definition) is 10. The largest absolute Gasteiger partial charge is 0.547 e. The Morgan fingerprint density at radius 2 is 1.91 bits per heavy atom. The highest BCUT2D eigenvalue weighted by Crippen LogP contribution is 2.31. The van der Waals surface area contributed by atoms with Gasteiger partial charge >= 0.3 is 30.9 Å². The summed E-state index contributed by atoms with van der Waals surface area (Å²) in [4.78, 5) is 64.9. The number of fused-ring (bicyclic) bond motifs is 1. The molecular formula is C25H28BN5O11S. The summed E-state index contributed by atoms with van der Waals surface area (Å²) in [6.07, 6.45) is -0.0519. The molecule has 2 aromatic rings. The van der Waals surface area contributed by atoms with Crippen LogP contribution in [0.1, 0.15) is 34.5 Å². The molecule has 228 valence electrons. The van der Waals surface area contributed by atoms with Crippen molar-refractivity contribution >= 4 is 46.9 Å². The molecule has 2 heterocycles. The fourth-order valence-electron chi connectivity index (χ4n) is 4.75. The van der Waals surface area contributed by atoms with Gasteiger partial charge in [-0.05, 0) is 42.7 Å². The van der Waals surface area contributed by atoms with Crippen molar-refractivity contribution in [3.8, 4) is 11.5 Å². The number of piperazine rings is 1. The molecule has 0 aromatic heterocycles. The molecule has 18 heteroatoms. The van der Waals surface area contributed by atoms with Crippen LogP contribution in [0.2, 0.25) is 0 Å². The number of hydrogen-bond donors (Lipinski definition) is 5. The number of imide groups is 1. The number of ether oxygens (including phenoxy) is 1. The molecule has 0 saturated carbocycles. The second-order valence-electron chi connectivity index (χ2n) is 9.61. The highest BCUT2D eigenvalue weighted by atomic mass is 32.2. The van der Waals surface area contributed by atoms with Gasteiger partial charge in [-0.15, -0.1) is 0 Å². The Balaban J connectivity index is 1.65. The van der Waals surface area contributed by atoms with Gasteiger partial charge < -0.3 is 35.1 Å². The molecule has 2 aromatic carbocycles. The maximum absolute atomic E-state index is 13.6. The van der Waals surface area contributed by atoms with Crippen LogP contribution in [-0.2, 0) is 30.8 Å². The summed E-state index contributed by atoms with van der Waals surface area (Å²) in [5.41, 5.74) is 0.199. The van der Waals surface area contributed by atoms with E-state index in [1.807, 2.05) is 0 Å². The Morgan fingerprint density at radius 3 is 2.53 bits per heavy atom. The SMILES string of the molecule is CCN1CCN(C(=O)N[C@@H](C(=O)N[C@H]2Cc3cccc(C(=O)O)c3OB2O)c2ccc(S(N)(=O)=O)c(OC)c2)C(=O)C1=O. The monoisotopic (exact) mass is 617 g/mol. The summed E-state index contributed by atoms with van der Waals surface area (Å²) in [5.74, 6) is -5.62. The lowest BCUT2D eigenvalue weighted by Gasteiger charge is -2.33. The number of aromatic carboxylic acids is 1. The Kier molecular flexibility index (Phi) is 8.93. The van der Waals surface area contributed by atoms with E-state index in [-0.39, 0.29) is 48.7 Å². The van der Waals surface area contributed by atoms with Crippen molar-refractivity contribution in [3.05, 3.63) is 53.1 Å². The lowest BCUT2D eigenvalue weighted by molar-refractivity contribution is -0.153. The molecule has 43 heavy (non-hydrogen) atoms. The molecule has 2 aliphatic rings. The fourth-order valence-corrected chi connectivity index (χ4v) is 5.43. The van der Waals surface area contributed by atoms with Crippen LogP contribution in [0.15, 0.2) is 41.3 Å². The summed E-state index contributed by atoms with van der Waals surface area (Å²) in [7, 11) is -4.76. The van der Waals surface area contributed by atoms with Crippen LogP contribution >= 0.6 is 0 Å². The summed E-state index contributed by atoms with van der Waals surface area (Å²) in [5, 5.41) is 30.2. The van der Waals surface area contributed by atoms with Gasteiger partial charge in [0.15, 0.2) is 0 Å². The maximum atomic E-state index is 13.6. The fraction of sp³-hybridized carbons (Fsp3) is 0.320. The number of nitrogens with two attached hydrogens (primary N) is 1. The number of sulfonamides is 1. The first-order valence-electron chi connectivity index (χ1n) is 12.9. The van der Waals surface area contributed by atoms with E-state index in [9.17, 15) is 42.5 Å². The quantitative estimate of drug-likeness (QED) is 0.171. The number of methoxy groups -OCH3 is 1. The van der Waals surface area contributed by atoms with Gasteiger partial charge in [-0.2, -0.15) is 0 Å². The van der Waals surface area contributed by atoms with Crippen LogP contribution < -0.4 is 25.2 Å². The van der Waals surface area contributed by atoms with E-state index in [1.165, 1.54) is 23.1 Å². The third-order valence-electron chi connectivity index (χ3n) is 6.97. The second kappa shape index (κ2) is 12.3.